The number of carbonyl (C=O) groups is 2. The maximum atomic E-state index is 12.8. The lowest BCUT2D eigenvalue weighted by atomic mass is 9.78. The van der Waals surface area contributed by atoms with E-state index < -0.39 is 24.2 Å². The van der Waals surface area contributed by atoms with Crippen LogP contribution in [0.4, 0.5) is 4.79 Å². The molecule has 1 saturated carbocycles. The Labute approximate surface area is 163 Å². The molecule has 0 aliphatic heterocycles. The van der Waals surface area contributed by atoms with E-state index in [1.807, 2.05) is 48.5 Å². The van der Waals surface area contributed by atoms with Crippen LogP contribution in [0.5, 0.6) is 0 Å². The summed E-state index contributed by atoms with van der Waals surface area (Å²) in [7, 11) is -1.36. The Morgan fingerprint density at radius 2 is 1.67 bits per heavy atom. The summed E-state index contributed by atoms with van der Waals surface area (Å²) < 4.78 is 5.29. The van der Waals surface area contributed by atoms with Gasteiger partial charge in [0.15, 0.2) is 0 Å². The second-order valence-corrected chi connectivity index (χ2v) is 10.1. The Bertz CT molecular complexity index is 527. The minimum Gasteiger partial charge on any atom is -0.444 e. The van der Waals surface area contributed by atoms with Crippen molar-refractivity contribution in [3.63, 3.8) is 0 Å². The van der Waals surface area contributed by atoms with Crippen molar-refractivity contribution in [1.82, 2.24) is 10.6 Å². The van der Waals surface area contributed by atoms with Crippen LogP contribution >= 0.6 is 0 Å². The molecule has 0 heterocycles. The van der Waals surface area contributed by atoms with Crippen molar-refractivity contribution < 1.29 is 24.4 Å². The van der Waals surface area contributed by atoms with Crippen molar-refractivity contribution in [3.8, 4) is 0 Å². The quantitative estimate of drug-likeness (QED) is 0.526. The van der Waals surface area contributed by atoms with Crippen LogP contribution in [0.3, 0.4) is 0 Å². The zero-order valence-electron chi connectivity index (χ0n) is 17.9. The van der Waals surface area contributed by atoms with Gasteiger partial charge in [0.25, 0.3) is 0 Å². The lowest BCUT2D eigenvalue weighted by molar-refractivity contribution is -0.131. The summed E-state index contributed by atoms with van der Waals surface area (Å²) in [6.07, 6.45) is 1.66. The lowest BCUT2D eigenvalue weighted by Gasteiger charge is -2.29. The second kappa shape index (κ2) is 8.82. The fraction of sp³-hybridized carbons (Fsp3) is 0.895. The Kier molecular flexibility index (Phi) is 7.76. The maximum absolute atomic E-state index is 12.8. The van der Waals surface area contributed by atoms with E-state index in [2.05, 4.69) is 10.6 Å². The molecule has 0 aromatic carbocycles. The van der Waals surface area contributed by atoms with Gasteiger partial charge in [-0.2, -0.15) is 0 Å². The molecule has 8 heteroatoms. The topological polar surface area (TPSA) is 108 Å². The summed E-state index contributed by atoms with van der Waals surface area (Å²) in [5.74, 6) is 0.203. The molecule has 1 aliphatic rings. The van der Waals surface area contributed by atoms with E-state index in [0.717, 1.165) is 0 Å². The SMILES string of the molecule is CC(C)(C)NC(=O)[C@@]1(C)C[C@H](CCB(O)O)[C@@H](CNC(=O)OC(C)(C)C)C1. The molecule has 0 bridgehead atoms. The van der Waals surface area contributed by atoms with Crippen molar-refractivity contribution in [2.45, 2.75) is 85.2 Å². The highest BCUT2D eigenvalue weighted by Gasteiger charge is 2.47. The van der Waals surface area contributed by atoms with Crippen LogP contribution in [0.25, 0.3) is 0 Å². The van der Waals surface area contributed by atoms with Gasteiger partial charge >= 0.3 is 13.2 Å². The van der Waals surface area contributed by atoms with Crippen LogP contribution in [0.15, 0.2) is 0 Å². The summed E-state index contributed by atoms with van der Waals surface area (Å²) in [4.78, 5) is 24.8. The van der Waals surface area contributed by atoms with Gasteiger partial charge in [0.05, 0.1) is 0 Å². The molecule has 7 nitrogen and oxygen atoms in total. The van der Waals surface area contributed by atoms with Crippen LogP contribution in [-0.4, -0.2) is 46.9 Å². The fourth-order valence-corrected chi connectivity index (χ4v) is 3.72. The summed E-state index contributed by atoms with van der Waals surface area (Å²) in [6, 6.07) is 0. The summed E-state index contributed by atoms with van der Waals surface area (Å²) in [5, 5.41) is 24.3. The van der Waals surface area contributed by atoms with Crippen molar-refractivity contribution in [2.24, 2.45) is 17.3 Å². The Morgan fingerprint density at radius 1 is 1.11 bits per heavy atom. The first kappa shape index (κ1) is 23.8. The monoisotopic (exact) mass is 384 g/mol. The van der Waals surface area contributed by atoms with Crippen LogP contribution in [0.2, 0.25) is 6.32 Å². The molecular formula is C19H37BN2O5. The Balaban J connectivity index is 2.79. The molecule has 4 N–H and O–H groups in total. The van der Waals surface area contributed by atoms with Gasteiger partial charge in [-0.25, -0.2) is 4.79 Å². The van der Waals surface area contributed by atoms with Crippen LogP contribution in [0, 0.1) is 17.3 Å². The molecule has 0 aromatic rings. The first-order chi connectivity index (χ1) is 12.1. The third-order valence-corrected chi connectivity index (χ3v) is 4.83. The van der Waals surface area contributed by atoms with Gasteiger partial charge < -0.3 is 25.4 Å². The first-order valence-electron chi connectivity index (χ1n) is 9.77. The Hall–Kier alpha value is -1.28. The minimum atomic E-state index is -1.36. The Morgan fingerprint density at radius 3 is 2.15 bits per heavy atom. The normalized spacial score (nSPS) is 25.8. The highest BCUT2D eigenvalue weighted by Crippen LogP contribution is 2.47. The average Bonchev–Trinajstić information content (AvgIpc) is 2.77. The highest BCUT2D eigenvalue weighted by molar-refractivity contribution is 6.40. The number of ether oxygens (including phenoxy) is 1. The minimum absolute atomic E-state index is 0.00400. The van der Waals surface area contributed by atoms with Gasteiger partial charge in [-0.05, 0) is 72.5 Å². The molecule has 3 atom stereocenters. The van der Waals surface area contributed by atoms with E-state index in [1.54, 1.807) is 0 Å². The summed E-state index contributed by atoms with van der Waals surface area (Å²) >= 11 is 0. The van der Waals surface area contributed by atoms with Gasteiger partial charge in [0.2, 0.25) is 5.91 Å². The average molecular weight is 384 g/mol. The molecule has 0 saturated heterocycles. The molecule has 156 valence electrons. The largest absolute Gasteiger partial charge is 0.451 e. The zero-order chi connectivity index (χ0) is 21.0. The number of alkyl carbamates (subject to hydrolysis) is 1. The molecule has 0 aromatic heterocycles. The third-order valence-electron chi connectivity index (χ3n) is 4.83. The van der Waals surface area contributed by atoms with Crippen molar-refractivity contribution in [2.75, 3.05) is 6.54 Å². The number of nitrogens with one attached hydrogen (secondary N) is 2. The van der Waals surface area contributed by atoms with E-state index in [4.69, 9.17) is 4.74 Å². The standard InChI is InChI=1S/C19H37BN2O5/c1-17(2,3)22-15(23)19(7)10-13(8-9-20(25)26)14(11-19)12-21-16(24)27-18(4,5)6/h13-14,25-26H,8-12H2,1-7H3,(H,21,24)(H,22,23)/t13-,14+,19-/m0/s1. The molecule has 2 amide bonds. The molecule has 0 unspecified atom stereocenters. The van der Waals surface area contributed by atoms with E-state index in [0.29, 0.717) is 25.8 Å². The molecular weight excluding hydrogens is 347 g/mol. The van der Waals surface area contributed by atoms with E-state index >= 15 is 0 Å². The lowest BCUT2D eigenvalue weighted by Crippen LogP contribution is -2.47. The van der Waals surface area contributed by atoms with Crippen LogP contribution < -0.4 is 10.6 Å². The summed E-state index contributed by atoms with van der Waals surface area (Å²) in [6.45, 7) is 13.6. The van der Waals surface area contributed by atoms with E-state index in [9.17, 15) is 19.6 Å². The molecule has 1 aliphatic carbocycles. The van der Waals surface area contributed by atoms with Crippen molar-refractivity contribution in [3.05, 3.63) is 0 Å². The second-order valence-electron chi connectivity index (χ2n) is 10.1. The van der Waals surface area contributed by atoms with Crippen LogP contribution in [-0.2, 0) is 9.53 Å². The molecule has 27 heavy (non-hydrogen) atoms. The van der Waals surface area contributed by atoms with Gasteiger partial charge in [0, 0.05) is 17.5 Å². The number of hydrogen-bond acceptors (Lipinski definition) is 5. The third kappa shape index (κ3) is 8.51. The smallest absolute Gasteiger partial charge is 0.444 e. The number of amides is 2. The van der Waals surface area contributed by atoms with Gasteiger partial charge in [-0.1, -0.05) is 13.3 Å². The van der Waals surface area contributed by atoms with E-state index in [-0.39, 0.29) is 29.6 Å². The molecule has 0 radical (unpaired) electrons. The van der Waals surface area contributed by atoms with Gasteiger partial charge in [-0.15, -0.1) is 0 Å². The molecule has 1 fully saturated rings. The van der Waals surface area contributed by atoms with E-state index in [1.165, 1.54) is 0 Å². The van der Waals surface area contributed by atoms with Gasteiger partial charge in [-0.3, -0.25) is 4.79 Å². The number of carbonyl (C=O) groups excluding carboxylic acids is 2. The summed E-state index contributed by atoms with van der Waals surface area (Å²) in [5.41, 5.74) is -1.43. The number of rotatable bonds is 6. The molecule has 0 spiro atoms. The maximum Gasteiger partial charge on any atom is 0.451 e. The van der Waals surface area contributed by atoms with Crippen molar-refractivity contribution >= 4 is 19.1 Å². The highest BCUT2D eigenvalue weighted by atomic mass is 16.6. The predicted octanol–water partition coefficient (Wildman–Crippen LogP) is 2.32. The number of hydrogen-bond donors (Lipinski definition) is 4. The first-order valence-corrected chi connectivity index (χ1v) is 9.77. The van der Waals surface area contributed by atoms with Crippen LogP contribution in [0.1, 0.15) is 67.7 Å². The van der Waals surface area contributed by atoms with Gasteiger partial charge in [0.1, 0.15) is 5.60 Å². The fourth-order valence-electron chi connectivity index (χ4n) is 3.72. The van der Waals surface area contributed by atoms with Crippen molar-refractivity contribution in [1.29, 1.82) is 0 Å². The zero-order valence-corrected chi connectivity index (χ0v) is 17.9. The molecule has 1 rings (SSSR count). The predicted molar refractivity (Wildman–Crippen MR) is 106 cm³/mol.